The number of hydrogen-bond acceptors (Lipinski definition) is 3. The third-order valence-electron chi connectivity index (χ3n) is 3.59. The molecule has 0 aliphatic heterocycles. The largest absolute Gasteiger partial charge is 0.480 e. The molecule has 1 aromatic heterocycles. The van der Waals surface area contributed by atoms with Crippen molar-refractivity contribution in [1.29, 1.82) is 0 Å². The number of nitrogens with zero attached hydrogens (tertiary/aromatic N) is 3. The molecular weight excluding hydrogens is 294 g/mol. The predicted octanol–water partition coefficient (Wildman–Crippen LogP) is 2.43. The summed E-state index contributed by atoms with van der Waals surface area (Å²) >= 11 is 0. The highest BCUT2D eigenvalue weighted by Gasteiger charge is 2.22. The summed E-state index contributed by atoms with van der Waals surface area (Å²) in [7, 11) is 0. The van der Waals surface area contributed by atoms with Gasteiger partial charge in [-0.05, 0) is 38.0 Å². The second-order valence-electron chi connectivity index (χ2n) is 5.51. The molecule has 6 nitrogen and oxygen atoms in total. The molecule has 0 aliphatic rings. The maximum atomic E-state index is 12.6. The Labute approximate surface area is 135 Å². The van der Waals surface area contributed by atoms with Crippen molar-refractivity contribution in [2.75, 3.05) is 13.1 Å². The summed E-state index contributed by atoms with van der Waals surface area (Å²) in [5.41, 5.74) is 3.11. The molecule has 0 atom stereocenters. The molecule has 1 heterocycles. The van der Waals surface area contributed by atoms with Crippen LogP contribution in [0.25, 0.3) is 5.69 Å². The highest BCUT2D eigenvalue weighted by atomic mass is 16.4. The van der Waals surface area contributed by atoms with Gasteiger partial charge in [-0.25, -0.2) is 4.68 Å². The minimum absolute atomic E-state index is 0.300. The van der Waals surface area contributed by atoms with Crippen molar-refractivity contribution in [1.82, 2.24) is 14.7 Å². The molecule has 0 radical (unpaired) electrons. The van der Waals surface area contributed by atoms with Crippen LogP contribution >= 0.6 is 0 Å². The van der Waals surface area contributed by atoms with Crippen LogP contribution < -0.4 is 0 Å². The molecule has 2 rings (SSSR count). The van der Waals surface area contributed by atoms with Gasteiger partial charge in [-0.3, -0.25) is 9.59 Å². The maximum Gasteiger partial charge on any atom is 0.323 e. The van der Waals surface area contributed by atoms with Crippen molar-refractivity contribution in [2.45, 2.75) is 27.2 Å². The van der Waals surface area contributed by atoms with Crippen LogP contribution in [0.5, 0.6) is 0 Å². The zero-order valence-electron chi connectivity index (χ0n) is 13.6. The van der Waals surface area contributed by atoms with Gasteiger partial charge in [0.05, 0.1) is 23.1 Å². The van der Waals surface area contributed by atoms with Crippen molar-refractivity contribution in [2.24, 2.45) is 0 Å². The average molecular weight is 315 g/mol. The van der Waals surface area contributed by atoms with Crippen molar-refractivity contribution in [3.63, 3.8) is 0 Å². The van der Waals surface area contributed by atoms with E-state index < -0.39 is 5.97 Å². The van der Waals surface area contributed by atoms with Crippen LogP contribution in [0.3, 0.4) is 0 Å². The first kappa shape index (κ1) is 16.7. The van der Waals surface area contributed by atoms with Gasteiger partial charge < -0.3 is 10.0 Å². The lowest BCUT2D eigenvalue weighted by molar-refractivity contribution is -0.137. The van der Waals surface area contributed by atoms with Crippen LogP contribution in [0.4, 0.5) is 0 Å². The normalized spacial score (nSPS) is 10.6. The molecule has 2 aromatic rings. The molecular formula is C17H21N3O3. The van der Waals surface area contributed by atoms with Crippen molar-refractivity contribution in [3.8, 4) is 5.69 Å². The molecule has 122 valence electrons. The maximum absolute atomic E-state index is 12.6. The standard InChI is InChI=1S/C17H21N3O3/c1-4-8-19(11-16(21)22)17(23)15-10-18-20(13(15)3)14-7-5-6-12(2)9-14/h5-7,9-10H,4,8,11H2,1-3H3,(H,21,22). The zero-order valence-corrected chi connectivity index (χ0v) is 13.6. The number of aliphatic carboxylic acids is 1. The summed E-state index contributed by atoms with van der Waals surface area (Å²) in [6.07, 6.45) is 2.20. The van der Waals surface area contributed by atoms with Gasteiger partial charge in [-0.1, -0.05) is 19.1 Å². The van der Waals surface area contributed by atoms with Gasteiger partial charge in [-0.15, -0.1) is 0 Å². The smallest absolute Gasteiger partial charge is 0.323 e. The van der Waals surface area contributed by atoms with Gasteiger partial charge in [0.15, 0.2) is 0 Å². The van der Waals surface area contributed by atoms with E-state index in [4.69, 9.17) is 5.11 Å². The first-order valence-electron chi connectivity index (χ1n) is 7.56. The number of hydrogen-bond donors (Lipinski definition) is 1. The topological polar surface area (TPSA) is 75.4 Å². The van der Waals surface area contributed by atoms with E-state index in [0.29, 0.717) is 24.2 Å². The first-order valence-corrected chi connectivity index (χ1v) is 7.56. The molecule has 0 bridgehead atoms. The number of carboxylic acids is 1. The highest BCUT2D eigenvalue weighted by molar-refractivity contribution is 5.96. The Bertz CT molecular complexity index is 722. The van der Waals surface area contributed by atoms with E-state index in [1.54, 1.807) is 4.68 Å². The summed E-state index contributed by atoms with van der Waals surface area (Å²) in [5, 5.41) is 13.3. The van der Waals surface area contributed by atoms with Gasteiger partial charge in [0.1, 0.15) is 6.54 Å². The van der Waals surface area contributed by atoms with E-state index in [0.717, 1.165) is 11.3 Å². The summed E-state index contributed by atoms with van der Waals surface area (Å²) in [4.78, 5) is 24.9. The summed E-state index contributed by atoms with van der Waals surface area (Å²) in [6, 6.07) is 7.82. The highest BCUT2D eigenvalue weighted by Crippen LogP contribution is 2.17. The van der Waals surface area contributed by atoms with Crippen LogP contribution in [-0.4, -0.2) is 44.8 Å². The van der Waals surface area contributed by atoms with E-state index in [1.807, 2.05) is 45.0 Å². The fourth-order valence-electron chi connectivity index (χ4n) is 2.50. The molecule has 0 fully saturated rings. The van der Waals surface area contributed by atoms with E-state index >= 15 is 0 Å². The molecule has 0 aliphatic carbocycles. The second kappa shape index (κ2) is 7.09. The predicted molar refractivity (Wildman–Crippen MR) is 86.9 cm³/mol. The van der Waals surface area contributed by atoms with E-state index in [1.165, 1.54) is 11.1 Å². The number of carboxylic acid groups (broad SMARTS) is 1. The molecule has 23 heavy (non-hydrogen) atoms. The SMILES string of the molecule is CCCN(CC(=O)O)C(=O)c1cnn(-c2cccc(C)c2)c1C. The fourth-order valence-corrected chi connectivity index (χ4v) is 2.50. The van der Waals surface area contributed by atoms with Crippen LogP contribution in [0.2, 0.25) is 0 Å². The lowest BCUT2D eigenvalue weighted by Gasteiger charge is -2.19. The van der Waals surface area contributed by atoms with Crippen molar-refractivity contribution >= 4 is 11.9 Å². The molecule has 1 N–H and O–H groups in total. The van der Waals surface area contributed by atoms with Gasteiger partial charge in [0, 0.05) is 6.54 Å². The molecule has 1 amide bonds. The Kier molecular flexibility index (Phi) is 5.16. The number of rotatable bonds is 6. The molecule has 0 saturated carbocycles. The van der Waals surface area contributed by atoms with Crippen molar-refractivity contribution in [3.05, 3.63) is 47.3 Å². The Morgan fingerprint density at radius 3 is 2.65 bits per heavy atom. The minimum Gasteiger partial charge on any atom is -0.480 e. The third-order valence-corrected chi connectivity index (χ3v) is 3.59. The van der Waals surface area contributed by atoms with Gasteiger partial charge in [0.25, 0.3) is 5.91 Å². The molecule has 0 spiro atoms. The summed E-state index contributed by atoms with van der Waals surface area (Å²) < 4.78 is 1.70. The van der Waals surface area contributed by atoms with Gasteiger partial charge >= 0.3 is 5.97 Å². The zero-order chi connectivity index (χ0) is 17.0. The minimum atomic E-state index is -1.02. The number of carbonyl (C=O) groups is 2. The van der Waals surface area contributed by atoms with E-state index in [2.05, 4.69) is 5.10 Å². The number of aromatic nitrogens is 2. The molecule has 1 aromatic carbocycles. The first-order chi connectivity index (χ1) is 10.9. The quantitative estimate of drug-likeness (QED) is 0.888. The summed E-state index contributed by atoms with van der Waals surface area (Å²) in [5.74, 6) is -1.32. The van der Waals surface area contributed by atoms with Gasteiger partial charge in [0.2, 0.25) is 0 Å². The van der Waals surface area contributed by atoms with Crippen molar-refractivity contribution < 1.29 is 14.7 Å². The summed E-state index contributed by atoms with van der Waals surface area (Å²) in [6.45, 7) is 5.81. The Morgan fingerprint density at radius 2 is 2.04 bits per heavy atom. The Hall–Kier alpha value is -2.63. The lowest BCUT2D eigenvalue weighted by atomic mass is 10.2. The fraction of sp³-hybridized carbons (Fsp3) is 0.353. The monoisotopic (exact) mass is 315 g/mol. The lowest BCUT2D eigenvalue weighted by Crippen LogP contribution is -2.36. The Balaban J connectivity index is 2.33. The van der Waals surface area contributed by atoms with Crippen LogP contribution in [0.1, 0.15) is 35.0 Å². The number of amides is 1. The molecule has 6 heteroatoms. The second-order valence-corrected chi connectivity index (χ2v) is 5.51. The average Bonchev–Trinajstić information content (AvgIpc) is 2.87. The molecule has 0 saturated heterocycles. The van der Waals surface area contributed by atoms with Crippen LogP contribution in [-0.2, 0) is 4.79 Å². The molecule has 0 unspecified atom stereocenters. The van der Waals surface area contributed by atoms with Gasteiger partial charge in [-0.2, -0.15) is 5.10 Å². The van der Waals surface area contributed by atoms with Crippen LogP contribution in [0.15, 0.2) is 30.5 Å². The Morgan fingerprint density at radius 1 is 1.30 bits per heavy atom. The number of aryl methyl sites for hydroxylation is 1. The van der Waals surface area contributed by atoms with E-state index in [9.17, 15) is 9.59 Å². The van der Waals surface area contributed by atoms with E-state index in [-0.39, 0.29) is 12.5 Å². The third kappa shape index (κ3) is 3.77. The number of carbonyl (C=O) groups excluding carboxylic acids is 1. The number of benzene rings is 1. The van der Waals surface area contributed by atoms with Crippen LogP contribution in [0, 0.1) is 13.8 Å².